The zero-order valence-corrected chi connectivity index (χ0v) is 14.3. The van der Waals surface area contributed by atoms with E-state index in [1.807, 2.05) is 30.3 Å². The highest BCUT2D eigenvalue weighted by Gasteiger charge is 2.14. The van der Waals surface area contributed by atoms with Gasteiger partial charge < -0.3 is 9.64 Å². The molecule has 0 atom stereocenters. The lowest BCUT2D eigenvalue weighted by atomic mass is 10.2. The average Bonchev–Trinajstić information content (AvgIpc) is 2.59. The average molecular weight is 362 g/mol. The fourth-order valence-corrected chi connectivity index (χ4v) is 2.75. The van der Waals surface area contributed by atoms with Crippen LogP contribution in [0.25, 0.3) is 10.9 Å². The Morgan fingerprint density at radius 2 is 1.92 bits per heavy atom. The van der Waals surface area contributed by atoms with Crippen molar-refractivity contribution < 1.29 is 9.53 Å². The fraction of sp³-hybridized carbons (Fsp3) is 0.118. The van der Waals surface area contributed by atoms with Crippen molar-refractivity contribution >= 4 is 45.7 Å². The summed E-state index contributed by atoms with van der Waals surface area (Å²) in [5.74, 6) is 0.0558. The zero-order chi connectivity index (χ0) is 17.1. The van der Waals surface area contributed by atoms with Crippen LogP contribution in [0.5, 0.6) is 5.88 Å². The highest BCUT2D eigenvalue weighted by Crippen LogP contribution is 2.30. The van der Waals surface area contributed by atoms with Gasteiger partial charge in [0, 0.05) is 17.8 Å². The molecule has 1 aromatic heterocycles. The molecule has 122 valence electrons. The molecule has 0 saturated carbocycles. The smallest absolute Gasteiger partial charge is 0.264 e. The van der Waals surface area contributed by atoms with Gasteiger partial charge in [-0.25, -0.2) is 9.97 Å². The molecule has 0 radical (unpaired) electrons. The standard InChI is InChI=1S/C17H13Cl2N3O2/c1-22(12-5-3-2-4-6-12)15(23)9-24-17-13-7-11(18)8-14(19)16(13)20-10-21-17/h2-8,10H,9H2,1H3. The first-order chi connectivity index (χ1) is 11.6. The number of hydrogen-bond acceptors (Lipinski definition) is 4. The van der Waals surface area contributed by atoms with Crippen LogP contribution in [0.2, 0.25) is 10.0 Å². The van der Waals surface area contributed by atoms with Crippen molar-refractivity contribution in [2.24, 2.45) is 0 Å². The summed E-state index contributed by atoms with van der Waals surface area (Å²) in [4.78, 5) is 22.0. The lowest BCUT2D eigenvalue weighted by Crippen LogP contribution is -2.31. The number of rotatable bonds is 4. The van der Waals surface area contributed by atoms with Crippen LogP contribution in [0.15, 0.2) is 48.8 Å². The SMILES string of the molecule is CN(C(=O)COc1ncnc2c(Cl)cc(Cl)cc12)c1ccccc1. The number of aromatic nitrogens is 2. The van der Waals surface area contributed by atoms with Crippen LogP contribution in [0.1, 0.15) is 0 Å². The fourth-order valence-electron chi connectivity index (χ4n) is 2.21. The third kappa shape index (κ3) is 3.42. The van der Waals surface area contributed by atoms with Crippen molar-refractivity contribution in [3.63, 3.8) is 0 Å². The normalized spacial score (nSPS) is 10.6. The van der Waals surface area contributed by atoms with E-state index in [1.165, 1.54) is 11.2 Å². The molecule has 0 spiro atoms. The molecule has 5 nitrogen and oxygen atoms in total. The molecule has 0 N–H and O–H groups in total. The highest BCUT2D eigenvalue weighted by atomic mass is 35.5. The van der Waals surface area contributed by atoms with E-state index < -0.39 is 0 Å². The molecule has 1 amide bonds. The lowest BCUT2D eigenvalue weighted by Gasteiger charge is -2.17. The van der Waals surface area contributed by atoms with Gasteiger partial charge in [0.15, 0.2) is 6.61 Å². The summed E-state index contributed by atoms with van der Waals surface area (Å²) in [5.41, 5.74) is 1.31. The van der Waals surface area contributed by atoms with Crippen LogP contribution < -0.4 is 9.64 Å². The van der Waals surface area contributed by atoms with Gasteiger partial charge in [0.25, 0.3) is 5.91 Å². The topological polar surface area (TPSA) is 55.3 Å². The summed E-state index contributed by atoms with van der Waals surface area (Å²) in [6.45, 7) is -0.165. The number of anilines is 1. The molecule has 3 aromatic rings. The molecule has 0 aliphatic rings. The van der Waals surface area contributed by atoms with Gasteiger partial charge in [-0.15, -0.1) is 0 Å². The van der Waals surface area contributed by atoms with Crippen molar-refractivity contribution in [2.45, 2.75) is 0 Å². The van der Waals surface area contributed by atoms with E-state index in [9.17, 15) is 4.79 Å². The number of carbonyl (C=O) groups is 1. The zero-order valence-electron chi connectivity index (χ0n) is 12.7. The Balaban J connectivity index is 1.80. The number of halogens is 2. The van der Waals surface area contributed by atoms with E-state index in [4.69, 9.17) is 27.9 Å². The first-order valence-electron chi connectivity index (χ1n) is 7.10. The van der Waals surface area contributed by atoms with Crippen LogP contribution in [0.4, 0.5) is 5.69 Å². The Morgan fingerprint density at radius 3 is 2.67 bits per heavy atom. The first kappa shape index (κ1) is 16.5. The van der Waals surface area contributed by atoms with E-state index in [1.54, 1.807) is 19.2 Å². The number of ether oxygens (including phenoxy) is 1. The molecule has 24 heavy (non-hydrogen) atoms. The Hall–Kier alpha value is -2.37. The molecule has 7 heteroatoms. The number of hydrogen-bond donors (Lipinski definition) is 0. The number of nitrogens with zero attached hydrogens (tertiary/aromatic N) is 3. The van der Waals surface area contributed by atoms with E-state index in [0.29, 0.717) is 20.9 Å². The molecule has 0 bridgehead atoms. The van der Waals surface area contributed by atoms with Gasteiger partial charge in [-0.05, 0) is 24.3 Å². The van der Waals surface area contributed by atoms with Crippen molar-refractivity contribution in [3.8, 4) is 5.88 Å². The summed E-state index contributed by atoms with van der Waals surface area (Å²) in [6, 6.07) is 12.6. The van der Waals surface area contributed by atoms with Gasteiger partial charge in [-0.1, -0.05) is 41.4 Å². The maximum absolute atomic E-state index is 12.3. The number of likely N-dealkylation sites (N-methyl/N-ethyl adjacent to an activating group) is 1. The summed E-state index contributed by atoms with van der Waals surface area (Å²) in [7, 11) is 1.69. The molecular formula is C17H13Cl2N3O2. The molecule has 0 saturated heterocycles. The Morgan fingerprint density at radius 1 is 1.17 bits per heavy atom. The Bertz CT molecular complexity index is 888. The molecule has 1 heterocycles. The van der Waals surface area contributed by atoms with E-state index in [-0.39, 0.29) is 18.4 Å². The number of fused-ring (bicyclic) bond motifs is 1. The second-order valence-corrected chi connectivity index (χ2v) is 5.88. The molecule has 2 aromatic carbocycles. The molecule has 0 aliphatic carbocycles. The summed E-state index contributed by atoms with van der Waals surface area (Å²) in [5, 5.41) is 1.41. The minimum absolute atomic E-state index is 0.165. The van der Waals surface area contributed by atoms with Gasteiger partial charge in [0.1, 0.15) is 6.33 Å². The largest absolute Gasteiger partial charge is 0.467 e. The lowest BCUT2D eigenvalue weighted by molar-refractivity contribution is -0.120. The molecular weight excluding hydrogens is 349 g/mol. The summed E-state index contributed by atoms with van der Waals surface area (Å²) in [6.07, 6.45) is 1.34. The van der Waals surface area contributed by atoms with Crippen LogP contribution in [0, 0.1) is 0 Å². The monoisotopic (exact) mass is 361 g/mol. The van der Waals surface area contributed by atoms with Crippen LogP contribution in [-0.2, 0) is 4.79 Å². The predicted molar refractivity (Wildman–Crippen MR) is 94.9 cm³/mol. The molecule has 0 aliphatic heterocycles. The maximum Gasteiger partial charge on any atom is 0.264 e. The van der Waals surface area contributed by atoms with Crippen LogP contribution in [0.3, 0.4) is 0 Å². The van der Waals surface area contributed by atoms with Gasteiger partial charge in [-0.2, -0.15) is 0 Å². The molecule has 0 fully saturated rings. The third-order valence-electron chi connectivity index (χ3n) is 3.47. The number of para-hydroxylation sites is 1. The van der Waals surface area contributed by atoms with Gasteiger partial charge in [0.2, 0.25) is 5.88 Å². The van der Waals surface area contributed by atoms with Crippen molar-refractivity contribution in [1.29, 1.82) is 0 Å². The van der Waals surface area contributed by atoms with Gasteiger partial charge >= 0.3 is 0 Å². The third-order valence-corrected chi connectivity index (χ3v) is 3.98. The van der Waals surface area contributed by atoms with Crippen molar-refractivity contribution in [3.05, 3.63) is 58.8 Å². The van der Waals surface area contributed by atoms with Gasteiger partial charge in [0.05, 0.1) is 15.9 Å². The Kier molecular flexibility index (Phi) is 4.83. The first-order valence-corrected chi connectivity index (χ1v) is 7.86. The number of carbonyl (C=O) groups excluding carboxylic acids is 1. The predicted octanol–water partition coefficient (Wildman–Crippen LogP) is 3.98. The number of benzene rings is 2. The van der Waals surface area contributed by atoms with E-state index in [0.717, 1.165) is 5.69 Å². The minimum Gasteiger partial charge on any atom is -0.467 e. The van der Waals surface area contributed by atoms with Crippen molar-refractivity contribution in [1.82, 2.24) is 9.97 Å². The Labute approximate surface area is 148 Å². The maximum atomic E-state index is 12.3. The summed E-state index contributed by atoms with van der Waals surface area (Å²) >= 11 is 12.1. The van der Waals surface area contributed by atoms with E-state index >= 15 is 0 Å². The van der Waals surface area contributed by atoms with Crippen molar-refractivity contribution in [2.75, 3.05) is 18.6 Å². The summed E-state index contributed by atoms with van der Waals surface area (Å²) < 4.78 is 5.57. The number of amides is 1. The molecule has 3 rings (SSSR count). The van der Waals surface area contributed by atoms with Crippen LogP contribution >= 0.6 is 23.2 Å². The molecule has 0 unspecified atom stereocenters. The highest BCUT2D eigenvalue weighted by molar-refractivity contribution is 6.38. The van der Waals surface area contributed by atoms with Crippen LogP contribution in [-0.4, -0.2) is 29.5 Å². The second-order valence-electron chi connectivity index (χ2n) is 5.04. The second kappa shape index (κ2) is 7.03. The van der Waals surface area contributed by atoms with E-state index in [2.05, 4.69) is 9.97 Å². The quantitative estimate of drug-likeness (QED) is 0.705. The van der Waals surface area contributed by atoms with Gasteiger partial charge in [-0.3, -0.25) is 4.79 Å². The minimum atomic E-state index is -0.207.